The van der Waals surface area contributed by atoms with Crippen molar-refractivity contribution in [1.82, 2.24) is 14.8 Å². The number of anilines is 2. The van der Waals surface area contributed by atoms with Crippen molar-refractivity contribution in [3.05, 3.63) is 35.7 Å². The molecule has 96 valence electrons. The molecule has 2 rings (SSSR count). The largest absolute Gasteiger partial charge is 0.399 e. The summed E-state index contributed by atoms with van der Waals surface area (Å²) in [5.74, 6) is 1.81. The minimum absolute atomic E-state index is 0.770. The molecule has 0 fully saturated rings. The van der Waals surface area contributed by atoms with E-state index < -0.39 is 0 Å². The number of hydrogen-bond donors (Lipinski definition) is 2. The highest BCUT2D eigenvalue weighted by Crippen LogP contribution is 2.13. The van der Waals surface area contributed by atoms with E-state index in [1.165, 1.54) is 5.56 Å². The minimum Gasteiger partial charge on any atom is -0.399 e. The van der Waals surface area contributed by atoms with Crippen LogP contribution in [0.5, 0.6) is 0 Å². The first-order valence-corrected chi connectivity index (χ1v) is 6.25. The van der Waals surface area contributed by atoms with Gasteiger partial charge in [0.25, 0.3) is 0 Å². The number of aromatic nitrogens is 3. The smallest absolute Gasteiger partial charge is 0.224 e. The summed E-state index contributed by atoms with van der Waals surface area (Å²) in [7, 11) is 0. The first-order valence-electron chi connectivity index (χ1n) is 6.25. The lowest BCUT2D eigenvalue weighted by Crippen LogP contribution is -2.08. The summed E-state index contributed by atoms with van der Waals surface area (Å²) < 4.78 is 2.10. The van der Waals surface area contributed by atoms with Crippen LogP contribution in [-0.4, -0.2) is 21.3 Å². The van der Waals surface area contributed by atoms with Crippen molar-refractivity contribution in [3.8, 4) is 0 Å². The highest BCUT2D eigenvalue weighted by molar-refractivity contribution is 5.40. The summed E-state index contributed by atoms with van der Waals surface area (Å²) in [5.41, 5.74) is 7.65. The van der Waals surface area contributed by atoms with Crippen molar-refractivity contribution in [1.29, 1.82) is 0 Å². The molecule has 1 aromatic heterocycles. The van der Waals surface area contributed by atoms with Gasteiger partial charge in [-0.1, -0.05) is 12.1 Å². The molecule has 0 aliphatic rings. The molecule has 0 amide bonds. The van der Waals surface area contributed by atoms with Gasteiger partial charge in [0, 0.05) is 25.2 Å². The molecule has 3 N–H and O–H groups in total. The van der Waals surface area contributed by atoms with E-state index in [0.717, 1.165) is 37.0 Å². The van der Waals surface area contributed by atoms with Gasteiger partial charge in [-0.2, -0.15) is 0 Å². The Morgan fingerprint density at radius 3 is 2.50 bits per heavy atom. The SMILES string of the molecule is CCNc1nnc(Cc2ccc(N)cc2)n1CC. The van der Waals surface area contributed by atoms with E-state index >= 15 is 0 Å². The van der Waals surface area contributed by atoms with E-state index in [0.29, 0.717) is 0 Å². The number of nitrogen functional groups attached to an aromatic ring is 1. The van der Waals surface area contributed by atoms with Crippen LogP contribution in [0.4, 0.5) is 11.6 Å². The van der Waals surface area contributed by atoms with E-state index in [1.807, 2.05) is 31.2 Å². The van der Waals surface area contributed by atoms with E-state index in [2.05, 4.69) is 27.0 Å². The summed E-state index contributed by atoms with van der Waals surface area (Å²) in [6.45, 7) is 5.85. The zero-order chi connectivity index (χ0) is 13.0. The highest BCUT2D eigenvalue weighted by atomic mass is 15.3. The standard InChI is InChI=1S/C13H19N5/c1-3-15-13-17-16-12(18(13)4-2)9-10-5-7-11(14)8-6-10/h5-8H,3-4,9,14H2,1-2H3,(H,15,17). The van der Waals surface area contributed by atoms with E-state index in [-0.39, 0.29) is 0 Å². The van der Waals surface area contributed by atoms with Gasteiger partial charge in [-0.3, -0.25) is 4.57 Å². The van der Waals surface area contributed by atoms with E-state index in [4.69, 9.17) is 5.73 Å². The number of benzene rings is 1. The highest BCUT2D eigenvalue weighted by Gasteiger charge is 2.10. The third kappa shape index (κ3) is 2.61. The van der Waals surface area contributed by atoms with Gasteiger partial charge in [0.05, 0.1) is 0 Å². The van der Waals surface area contributed by atoms with Crippen LogP contribution in [0, 0.1) is 0 Å². The van der Waals surface area contributed by atoms with Crippen molar-refractivity contribution in [2.75, 3.05) is 17.6 Å². The van der Waals surface area contributed by atoms with Crippen LogP contribution >= 0.6 is 0 Å². The number of nitrogens with zero attached hydrogens (tertiary/aromatic N) is 3. The molecule has 1 aromatic carbocycles. The molecule has 0 aliphatic heterocycles. The quantitative estimate of drug-likeness (QED) is 0.789. The van der Waals surface area contributed by atoms with Crippen LogP contribution in [0.25, 0.3) is 0 Å². The molecule has 0 radical (unpaired) electrons. The number of nitrogens with two attached hydrogens (primary N) is 1. The van der Waals surface area contributed by atoms with Crippen molar-refractivity contribution in [2.24, 2.45) is 0 Å². The summed E-state index contributed by atoms with van der Waals surface area (Å²) in [4.78, 5) is 0. The summed E-state index contributed by atoms with van der Waals surface area (Å²) in [5, 5.41) is 11.6. The van der Waals surface area contributed by atoms with Crippen LogP contribution in [0.15, 0.2) is 24.3 Å². The van der Waals surface area contributed by atoms with Gasteiger partial charge < -0.3 is 11.1 Å². The third-order valence-corrected chi connectivity index (χ3v) is 2.82. The van der Waals surface area contributed by atoms with Gasteiger partial charge in [-0.15, -0.1) is 10.2 Å². The first-order chi connectivity index (χ1) is 8.74. The monoisotopic (exact) mass is 245 g/mol. The maximum Gasteiger partial charge on any atom is 0.224 e. The Kier molecular flexibility index (Phi) is 3.82. The lowest BCUT2D eigenvalue weighted by Gasteiger charge is -2.08. The fourth-order valence-electron chi connectivity index (χ4n) is 1.91. The Balaban J connectivity index is 2.20. The molecule has 0 bridgehead atoms. The lowest BCUT2D eigenvalue weighted by atomic mass is 10.1. The summed E-state index contributed by atoms with van der Waals surface area (Å²) >= 11 is 0. The van der Waals surface area contributed by atoms with Crippen LogP contribution in [0.2, 0.25) is 0 Å². The Labute approximate surface area is 107 Å². The lowest BCUT2D eigenvalue weighted by molar-refractivity contribution is 0.716. The maximum atomic E-state index is 5.68. The summed E-state index contributed by atoms with van der Waals surface area (Å²) in [6.07, 6.45) is 0.770. The molecule has 18 heavy (non-hydrogen) atoms. The van der Waals surface area contributed by atoms with Crippen LogP contribution in [0.1, 0.15) is 25.2 Å². The second kappa shape index (κ2) is 5.53. The van der Waals surface area contributed by atoms with Crippen molar-refractivity contribution < 1.29 is 0 Å². The zero-order valence-corrected chi connectivity index (χ0v) is 10.8. The topological polar surface area (TPSA) is 68.8 Å². The van der Waals surface area contributed by atoms with E-state index in [9.17, 15) is 0 Å². The van der Waals surface area contributed by atoms with Crippen LogP contribution in [-0.2, 0) is 13.0 Å². The Morgan fingerprint density at radius 2 is 1.89 bits per heavy atom. The first kappa shape index (κ1) is 12.4. The predicted octanol–water partition coefficient (Wildman–Crippen LogP) is 1.90. The van der Waals surface area contributed by atoms with Crippen molar-refractivity contribution in [3.63, 3.8) is 0 Å². The molecule has 5 heteroatoms. The molecule has 2 aromatic rings. The predicted molar refractivity (Wildman–Crippen MR) is 73.5 cm³/mol. The second-order valence-corrected chi connectivity index (χ2v) is 4.13. The number of hydrogen-bond acceptors (Lipinski definition) is 4. The molecule has 0 saturated heterocycles. The Hall–Kier alpha value is -2.04. The van der Waals surface area contributed by atoms with Gasteiger partial charge in [0.2, 0.25) is 5.95 Å². The van der Waals surface area contributed by atoms with Gasteiger partial charge in [0.15, 0.2) is 0 Å². The summed E-state index contributed by atoms with van der Waals surface area (Å²) in [6, 6.07) is 7.87. The van der Waals surface area contributed by atoms with Gasteiger partial charge >= 0.3 is 0 Å². The van der Waals surface area contributed by atoms with Crippen molar-refractivity contribution in [2.45, 2.75) is 26.8 Å². The van der Waals surface area contributed by atoms with E-state index in [1.54, 1.807) is 0 Å². The molecule has 5 nitrogen and oxygen atoms in total. The number of rotatable bonds is 5. The Bertz CT molecular complexity index is 501. The second-order valence-electron chi connectivity index (χ2n) is 4.13. The fraction of sp³-hybridized carbons (Fsp3) is 0.385. The molecule has 1 heterocycles. The average Bonchev–Trinajstić information content (AvgIpc) is 2.75. The molecular formula is C13H19N5. The molecule has 0 atom stereocenters. The molecule has 0 spiro atoms. The molecule has 0 unspecified atom stereocenters. The van der Waals surface area contributed by atoms with Crippen LogP contribution in [0.3, 0.4) is 0 Å². The average molecular weight is 245 g/mol. The third-order valence-electron chi connectivity index (χ3n) is 2.82. The minimum atomic E-state index is 0.770. The van der Waals surface area contributed by atoms with Crippen molar-refractivity contribution >= 4 is 11.6 Å². The number of nitrogens with one attached hydrogen (secondary N) is 1. The molecule has 0 aliphatic carbocycles. The molecular weight excluding hydrogens is 226 g/mol. The van der Waals surface area contributed by atoms with Gasteiger partial charge in [0.1, 0.15) is 5.82 Å². The Morgan fingerprint density at radius 1 is 1.17 bits per heavy atom. The van der Waals surface area contributed by atoms with Crippen LogP contribution < -0.4 is 11.1 Å². The van der Waals surface area contributed by atoms with Gasteiger partial charge in [-0.05, 0) is 31.5 Å². The normalized spacial score (nSPS) is 10.6. The van der Waals surface area contributed by atoms with Gasteiger partial charge in [-0.25, -0.2) is 0 Å². The fourth-order valence-corrected chi connectivity index (χ4v) is 1.91. The zero-order valence-electron chi connectivity index (χ0n) is 10.8. The molecule has 0 saturated carbocycles. The maximum absolute atomic E-state index is 5.68.